The molecule has 1 unspecified atom stereocenters. The van der Waals surface area contributed by atoms with Crippen LogP contribution in [0.4, 0.5) is 0 Å². The molecule has 0 spiro atoms. The van der Waals surface area contributed by atoms with Crippen LogP contribution >= 0.6 is 11.6 Å². The van der Waals surface area contributed by atoms with Gasteiger partial charge in [0.05, 0.1) is 0 Å². The largest absolute Gasteiger partial charge is 0.307 e. The lowest BCUT2D eigenvalue weighted by Gasteiger charge is -2.13. The second-order valence-corrected chi connectivity index (χ2v) is 3.84. The molecule has 0 aliphatic carbocycles. The Balaban J connectivity index is 2.53. The highest BCUT2D eigenvalue weighted by molar-refractivity contribution is 6.25. The van der Waals surface area contributed by atoms with Crippen LogP contribution in [0.5, 0.6) is 0 Å². The summed E-state index contributed by atoms with van der Waals surface area (Å²) in [5.74, 6) is 0. The molecule has 0 aliphatic heterocycles. The third-order valence-electron chi connectivity index (χ3n) is 2.52. The van der Waals surface area contributed by atoms with Gasteiger partial charge in [0.15, 0.2) is 0 Å². The van der Waals surface area contributed by atoms with E-state index in [0.717, 1.165) is 13.0 Å². The lowest BCUT2D eigenvalue weighted by atomic mass is 10.1. The number of halogens is 1. The summed E-state index contributed by atoms with van der Waals surface area (Å²) in [6.07, 6.45) is 3.00. The van der Waals surface area contributed by atoms with E-state index < -0.39 is 0 Å². The molecule has 1 atom stereocenters. The minimum Gasteiger partial charge on any atom is -0.307 e. The summed E-state index contributed by atoms with van der Waals surface area (Å²) in [7, 11) is 0. The molecular weight excluding hydrogens is 206 g/mol. The Morgan fingerprint density at radius 1 is 1.33 bits per heavy atom. The molecule has 0 radical (unpaired) electrons. The standard InChI is InChI=1S/C13H18ClN/c1-3-12-5-7-13(8-6-12)11(2)15-10-4-9-14/h4-9,11,15H,3,10H2,1-2H3/b9-4+. The van der Waals surface area contributed by atoms with Gasteiger partial charge in [-0.25, -0.2) is 0 Å². The zero-order chi connectivity index (χ0) is 11.1. The molecule has 0 bridgehead atoms. The maximum absolute atomic E-state index is 5.45. The third-order valence-corrected chi connectivity index (χ3v) is 2.70. The highest BCUT2D eigenvalue weighted by Gasteiger charge is 2.02. The third kappa shape index (κ3) is 4.06. The van der Waals surface area contributed by atoms with Crippen LogP contribution in [0.25, 0.3) is 0 Å². The Kier molecular flexibility index (Phi) is 5.44. The molecule has 1 N–H and O–H groups in total. The number of nitrogens with one attached hydrogen (secondary N) is 1. The van der Waals surface area contributed by atoms with E-state index in [-0.39, 0.29) is 0 Å². The molecule has 1 nitrogen and oxygen atoms in total. The Morgan fingerprint density at radius 2 is 2.00 bits per heavy atom. The summed E-state index contributed by atoms with van der Waals surface area (Å²) in [5.41, 5.74) is 4.24. The highest BCUT2D eigenvalue weighted by atomic mass is 35.5. The van der Waals surface area contributed by atoms with Crippen LogP contribution in [0.2, 0.25) is 0 Å². The lowest BCUT2D eigenvalue weighted by molar-refractivity contribution is 0.617. The van der Waals surface area contributed by atoms with E-state index in [1.54, 1.807) is 5.54 Å². The second kappa shape index (κ2) is 6.65. The van der Waals surface area contributed by atoms with Crippen molar-refractivity contribution in [2.75, 3.05) is 6.54 Å². The quantitative estimate of drug-likeness (QED) is 0.804. The Labute approximate surface area is 97.1 Å². The van der Waals surface area contributed by atoms with Crippen molar-refractivity contribution in [3.05, 3.63) is 47.0 Å². The molecule has 1 rings (SSSR count). The van der Waals surface area contributed by atoms with Gasteiger partial charge in [0.1, 0.15) is 0 Å². The number of benzene rings is 1. The van der Waals surface area contributed by atoms with Crippen LogP contribution in [0, 0.1) is 0 Å². The predicted octanol–water partition coefficient (Wildman–Crippen LogP) is 3.65. The zero-order valence-electron chi connectivity index (χ0n) is 9.33. The fourth-order valence-corrected chi connectivity index (χ4v) is 1.54. The van der Waals surface area contributed by atoms with Gasteiger partial charge in [0.2, 0.25) is 0 Å². The van der Waals surface area contributed by atoms with Crippen molar-refractivity contribution in [1.82, 2.24) is 5.32 Å². The van der Waals surface area contributed by atoms with Crippen molar-refractivity contribution >= 4 is 11.6 Å². The summed E-state index contributed by atoms with van der Waals surface area (Å²) in [5, 5.41) is 3.37. The van der Waals surface area contributed by atoms with E-state index in [2.05, 4.69) is 43.4 Å². The first-order valence-corrected chi connectivity index (χ1v) is 5.79. The number of hydrogen-bond acceptors (Lipinski definition) is 1. The van der Waals surface area contributed by atoms with Gasteiger partial charge in [-0.1, -0.05) is 48.9 Å². The van der Waals surface area contributed by atoms with E-state index in [1.807, 2.05) is 6.08 Å². The van der Waals surface area contributed by atoms with E-state index in [1.165, 1.54) is 11.1 Å². The van der Waals surface area contributed by atoms with Crippen LogP contribution in [0.3, 0.4) is 0 Å². The minimum absolute atomic E-state index is 0.365. The number of aryl methyl sites for hydroxylation is 1. The summed E-state index contributed by atoms with van der Waals surface area (Å²) in [4.78, 5) is 0. The Hall–Kier alpha value is -0.790. The molecule has 0 saturated heterocycles. The molecule has 0 saturated carbocycles. The van der Waals surface area contributed by atoms with Crippen molar-refractivity contribution in [2.24, 2.45) is 0 Å². The Morgan fingerprint density at radius 3 is 2.53 bits per heavy atom. The van der Waals surface area contributed by atoms with Gasteiger partial charge < -0.3 is 5.32 Å². The molecular formula is C13H18ClN. The summed E-state index contributed by atoms with van der Waals surface area (Å²) >= 11 is 5.45. The van der Waals surface area contributed by atoms with Gasteiger partial charge in [0.25, 0.3) is 0 Å². The van der Waals surface area contributed by atoms with Gasteiger partial charge in [0, 0.05) is 18.1 Å². The van der Waals surface area contributed by atoms with E-state index in [9.17, 15) is 0 Å². The van der Waals surface area contributed by atoms with Gasteiger partial charge in [-0.3, -0.25) is 0 Å². The summed E-state index contributed by atoms with van der Waals surface area (Å²) in [6.45, 7) is 5.13. The average molecular weight is 224 g/mol. The maximum atomic E-state index is 5.45. The molecule has 0 fully saturated rings. The molecule has 82 valence electrons. The van der Waals surface area contributed by atoms with E-state index >= 15 is 0 Å². The van der Waals surface area contributed by atoms with Crippen LogP contribution in [-0.2, 0) is 6.42 Å². The molecule has 0 heterocycles. The van der Waals surface area contributed by atoms with E-state index in [4.69, 9.17) is 11.6 Å². The second-order valence-electron chi connectivity index (χ2n) is 3.59. The fourth-order valence-electron chi connectivity index (χ4n) is 1.45. The maximum Gasteiger partial charge on any atom is 0.0294 e. The molecule has 0 aromatic heterocycles. The average Bonchev–Trinajstić information content (AvgIpc) is 2.29. The molecule has 2 heteroatoms. The topological polar surface area (TPSA) is 12.0 Å². The van der Waals surface area contributed by atoms with Gasteiger partial charge in [-0.2, -0.15) is 0 Å². The lowest BCUT2D eigenvalue weighted by Crippen LogP contribution is -2.18. The molecule has 0 aliphatic rings. The molecule has 15 heavy (non-hydrogen) atoms. The SMILES string of the molecule is CCc1ccc(C(C)NC/C=C/Cl)cc1. The van der Waals surface area contributed by atoms with Gasteiger partial charge in [-0.05, 0) is 24.5 Å². The van der Waals surface area contributed by atoms with Crippen LogP contribution < -0.4 is 5.32 Å². The van der Waals surface area contributed by atoms with Crippen molar-refractivity contribution in [3.63, 3.8) is 0 Å². The Bertz CT molecular complexity index is 303. The van der Waals surface area contributed by atoms with Gasteiger partial charge in [-0.15, -0.1) is 0 Å². The number of hydrogen-bond donors (Lipinski definition) is 1. The first kappa shape index (κ1) is 12.3. The first-order chi connectivity index (χ1) is 7.27. The van der Waals surface area contributed by atoms with Crippen molar-refractivity contribution in [1.29, 1.82) is 0 Å². The smallest absolute Gasteiger partial charge is 0.0294 e. The molecule has 1 aromatic rings. The monoisotopic (exact) mass is 223 g/mol. The summed E-state index contributed by atoms with van der Waals surface area (Å²) < 4.78 is 0. The van der Waals surface area contributed by atoms with Crippen LogP contribution in [0.1, 0.15) is 31.0 Å². The van der Waals surface area contributed by atoms with Crippen molar-refractivity contribution in [3.8, 4) is 0 Å². The van der Waals surface area contributed by atoms with Gasteiger partial charge >= 0.3 is 0 Å². The number of rotatable bonds is 5. The van der Waals surface area contributed by atoms with Crippen LogP contribution in [-0.4, -0.2) is 6.54 Å². The van der Waals surface area contributed by atoms with Crippen molar-refractivity contribution < 1.29 is 0 Å². The molecule has 0 amide bonds. The fraction of sp³-hybridized carbons (Fsp3) is 0.385. The molecule has 1 aromatic carbocycles. The normalized spacial score (nSPS) is 13.3. The van der Waals surface area contributed by atoms with E-state index in [0.29, 0.717) is 6.04 Å². The van der Waals surface area contributed by atoms with Crippen LogP contribution in [0.15, 0.2) is 35.9 Å². The zero-order valence-corrected chi connectivity index (χ0v) is 10.1. The minimum atomic E-state index is 0.365. The summed E-state index contributed by atoms with van der Waals surface area (Å²) in [6, 6.07) is 9.10. The van der Waals surface area contributed by atoms with Crippen molar-refractivity contribution in [2.45, 2.75) is 26.3 Å². The highest BCUT2D eigenvalue weighted by Crippen LogP contribution is 2.13. The first-order valence-electron chi connectivity index (χ1n) is 5.35. The predicted molar refractivity (Wildman–Crippen MR) is 67.2 cm³/mol.